The molecule has 0 saturated carbocycles. The van der Waals surface area contributed by atoms with Crippen LogP contribution in [0.3, 0.4) is 0 Å². The highest BCUT2D eigenvalue weighted by molar-refractivity contribution is 9.10. The minimum atomic E-state index is 0.588. The van der Waals surface area contributed by atoms with E-state index in [1.54, 1.807) is 0 Å². The predicted molar refractivity (Wildman–Crippen MR) is 79.7 cm³/mol. The molecule has 0 aliphatic rings. The quantitative estimate of drug-likeness (QED) is 0.687. The molecule has 2 heteroatoms. The first kappa shape index (κ1) is 12.7. The predicted octanol–water partition coefficient (Wildman–Crippen LogP) is 5.34. The molecule has 2 aromatic carbocycles. The molecule has 0 heterocycles. The zero-order valence-corrected chi connectivity index (χ0v) is 12.2. The largest absolute Gasteiger partial charge is 0.126 e. The van der Waals surface area contributed by atoms with Crippen LogP contribution in [0.2, 0.25) is 0 Å². The van der Waals surface area contributed by atoms with E-state index < -0.39 is 0 Å². The van der Waals surface area contributed by atoms with E-state index in [1.807, 2.05) is 11.8 Å². The maximum atomic E-state index is 3.45. The average molecular weight is 307 g/mol. The highest BCUT2D eigenvalue weighted by Crippen LogP contribution is 2.26. The molecular weight excluding hydrogens is 292 g/mol. The van der Waals surface area contributed by atoms with Gasteiger partial charge in [-0.05, 0) is 35.7 Å². The first-order valence-corrected chi connectivity index (χ1v) is 7.47. The molecule has 0 bridgehead atoms. The van der Waals surface area contributed by atoms with Gasteiger partial charge in [-0.3, -0.25) is 0 Å². The molecule has 0 fully saturated rings. The molecule has 17 heavy (non-hydrogen) atoms. The third-order valence-corrected chi connectivity index (χ3v) is 4.48. The second-order valence-electron chi connectivity index (χ2n) is 4.08. The van der Waals surface area contributed by atoms with E-state index in [1.165, 1.54) is 10.5 Å². The minimum absolute atomic E-state index is 0.588. The molecule has 0 spiro atoms. The fraction of sp³-hybridized carbons (Fsp3) is 0.200. The topological polar surface area (TPSA) is 0 Å². The van der Waals surface area contributed by atoms with Crippen LogP contribution in [0.4, 0.5) is 0 Å². The summed E-state index contributed by atoms with van der Waals surface area (Å²) in [6, 6.07) is 19.2. The molecule has 2 rings (SSSR count). The Balaban J connectivity index is 1.92. The van der Waals surface area contributed by atoms with Crippen LogP contribution in [0, 0.1) is 0 Å². The number of rotatable bonds is 4. The standard InChI is InChI=1S/C15H15BrS/c1-12(13-5-3-2-4-6-13)11-17-15-9-7-14(16)8-10-15/h2-10,12H,11H2,1H3. The van der Waals surface area contributed by atoms with Gasteiger partial charge < -0.3 is 0 Å². The smallest absolute Gasteiger partial charge is 0.0176 e. The van der Waals surface area contributed by atoms with E-state index in [4.69, 9.17) is 0 Å². The third kappa shape index (κ3) is 3.90. The average Bonchev–Trinajstić information content (AvgIpc) is 2.39. The van der Waals surface area contributed by atoms with Crippen LogP contribution >= 0.6 is 27.7 Å². The van der Waals surface area contributed by atoms with Crippen molar-refractivity contribution < 1.29 is 0 Å². The second-order valence-corrected chi connectivity index (χ2v) is 6.09. The number of hydrogen-bond donors (Lipinski definition) is 0. The Morgan fingerprint density at radius 1 is 1.00 bits per heavy atom. The Morgan fingerprint density at radius 3 is 2.29 bits per heavy atom. The van der Waals surface area contributed by atoms with Crippen molar-refractivity contribution in [1.29, 1.82) is 0 Å². The summed E-state index contributed by atoms with van der Waals surface area (Å²) in [7, 11) is 0. The summed E-state index contributed by atoms with van der Waals surface area (Å²) in [6.45, 7) is 2.28. The van der Waals surface area contributed by atoms with Crippen molar-refractivity contribution in [2.45, 2.75) is 17.7 Å². The normalized spacial score (nSPS) is 12.4. The number of halogens is 1. The van der Waals surface area contributed by atoms with Gasteiger partial charge in [0.25, 0.3) is 0 Å². The minimum Gasteiger partial charge on any atom is -0.126 e. The molecular formula is C15H15BrS. The summed E-state index contributed by atoms with van der Waals surface area (Å²) in [5.74, 6) is 1.70. The van der Waals surface area contributed by atoms with E-state index in [0.29, 0.717) is 5.92 Å². The second kappa shape index (κ2) is 6.27. The van der Waals surface area contributed by atoms with Gasteiger partial charge in [-0.2, -0.15) is 0 Å². The highest BCUT2D eigenvalue weighted by atomic mass is 79.9. The van der Waals surface area contributed by atoms with Crippen LogP contribution in [0.25, 0.3) is 0 Å². The Morgan fingerprint density at radius 2 is 1.65 bits per heavy atom. The monoisotopic (exact) mass is 306 g/mol. The molecule has 0 radical (unpaired) electrons. The molecule has 88 valence electrons. The molecule has 0 nitrogen and oxygen atoms in total. The fourth-order valence-electron chi connectivity index (χ4n) is 1.63. The van der Waals surface area contributed by atoms with E-state index in [0.717, 1.165) is 10.2 Å². The zero-order chi connectivity index (χ0) is 12.1. The lowest BCUT2D eigenvalue weighted by molar-refractivity contribution is 0.880. The summed E-state index contributed by atoms with van der Waals surface area (Å²) < 4.78 is 1.14. The summed E-state index contributed by atoms with van der Waals surface area (Å²) in [5, 5.41) is 0. The Labute approximate surface area is 116 Å². The van der Waals surface area contributed by atoms with Crippen LogP contribution in [0.1, 0.15) is 18.4 Å². The summed E-state index contributed by atoms with van der Waals surface area (Å²) in [5.41, 5.74) is 1.41. The van der Waals surface area contributed by atoms with E-state index in [-0.39, 0.29) is 0 Å². The maximum absolute atomic E-state index is 3.45. The van der Waals surface area contributed by atoms with Crippen molar-refractivity contribution >= 4 is 27.7 Å². The molecule has 0 aromatic heterocycles. The van der Waals surface area contributed by atoms with E-state index in [2.05, 4.69) is 77.5 Å². The van der Waals surface area contributed by atoms with Crippen molar-refractivity contribution in [2.24, 2.45) is 0 Å². The summed E-state index contributed by atoms with van der Waals surface area (Å²) >= 11 is 5.36. The van der Waals surface area contributed by atoms with Crippen molar-refractivity contribution in [2.75, 3.05) is 5.75 Å². The first-order chi connectivity index (χ1) is 8.25. The third-order valence-electron chi connectivity index (χ3n) is 2.68. The van der Waals surface area contributed by atoms with Crippen LogP contribution in [0.15, 0.2) is 64.0 Å². The lowest BCUT2D eigenvalue weighted by Gasteiger charge is -2.11. The van der Waals surface area contributed by atoms with Crippen LogP contribution in [0.5, 0.6) is 0 Å². The Bertz CT molecular complexity index is 450. The molecule has 0 saturated heterocycles. The van der Waals surface area contributed by atoms with Gasteiger partial charge in [0.15, 0.2) is 0 Å². The number of benzene rings is 2. The number of thioether (sulfide) groups is 1. The van der Waals surface area contributed by atoms with Crippen molar-refractivity contribution in [1.82, 2.24) is 0 Å². The maximum Gasteiger partial charge on any atom is 0.0176 e. The van der Waals surface area contributed by atoms with Crippen molar-refractivity contribution in [3.8, 4) is 0 Å². The van der Waals surface area contributed by atoms with Crippen LogP contribution < -0.4 is 0 Å². The molecule has 0 N–H and O–H groups in total. The molecule has 1 unspecified atom stereocenters. The molecule has 0 amide bonds. The lowest BCUT2D eigenvalue weighted by Crippen LogP contribution is -1.95. The summed E-state index contributed by atoms with van der Waals surface area (Å²) in [6.07, 6.45) is 0. The van der Waals surface area contributed by atoms with Gasteiger partial charge in [0.2, 0.25) is 0 Å². The molecule has 0 aliphatic heterocycles. The van der Waals surface area contributed by atoms with Crippen molar-refractivity contribution in [3.63, 3.8) is 0 Å². The fourth-order valence-corrected chi connectivity index (χ4v) is 2.86. The number of hydrogen-bond acceptors (Lipinski definition) is 1. The molecule has 0 aliphatic carbocycles. The highest BCUT2D eigenvalue weighted by Gasteiger charge is 2.05. The van der Waals surface area contributed by atoms with Gasteiger partial charge in [0, 0.05) is 15.1 Å². The zero-order valence-electron chi connectivity index (χ0n) is 9.77. The lowest BCUT2D eigenvalue weighted by atomic mass is 10.0. The SMILES string of the molecule is CC(CSc1ccc(Br)cc1)c1ccccc1. The summed E-state index contributed by atoms with van der Waals surface area (Å²) in [4.78, 5) is 1.33. The van der Waals surface area contributed by atoms with Gasteiger partial charge >= 0.3 is 0 Å². The molecule has 2 aromatic rings. The first-order valence-electron chi connectivity index (χ1n) is 5.69. The van der Waals surface area contributed by atoms with Gasteiger partial charge in [-0.1, -0.05) is 53.2 Å². The van der Waals surface area contributed by atoms with Gasteiger partial charge in [0.1, 0.15) is 0 Å². The Kier molecular flexibility index (Phi) is 4.69. The van der Waals surface area contributed by atoms with E-state index in [9.17, 15) is 0 Å². The van der Waals surface area contributed by atoms with E-state index >= 15 is 0 Å². The van der Waals surface area contributed by atoms with Gasteiger partial charge in [-0.15, -0.1) is 11.8 Å². The van der Waals surface area contributed by atoms with Gasteiger partial charge in [-0.25, -0.2) is 0 Å². The van der Waals surface area contributed by atoms with Crippen LogP contribution in [-0.2, 0) is 0 Å². The molecule has 1 atom stereocenters. The van der Waals surface area contributed by atoms with Crippen LogP contribution in [-0.4, -0.2) is 5.75 Å². The Hall–Kier alpha value is -0.730. The van der Waals surface area contributed by atoms with Gasteiger partial charge in [0.05, 0.1) is 0 Å². The van der Waals surface area contributed by atoms with Crippen molar-refractivity contribution in [3.05, 3.63) is 64.6 Å².